The Balaban J connectivity index is 1.42. The Hall–Kier alpha value is -3.71. The third-order valence-electron chi connectivity index (χ3n) is 5.17. The molecule has 13 heteroatoms. The molecule has 2 aromatic heterocycles. The first-order valence-electron chi connectivity index (χ1n) is 10.1. The number of benzene rings is 1. The molecule has 1 aliphatic rings. The molecule has 1 aromatic carbocycles. The molecule has 3 heterocycles. The second-order valence-corrected chi connectivity index (χ2v) is 9.42. The minimum Gasteiger partial charge on any atom is -0.318 e. The Bertz CT molecular complexity index is 1320. The number of hydrogen-bond acceptors (Lipinski definition) is 8. The highest BCUT2D eigenvalue weighted by atomic mass is 32.2. The molecule has 34 heavy (non-hydrogen) atoms. The SMILES string of the molecule is Cc1c(NC(=O)CN2C(=O)SC(CC(=O)Nc3nccs3)C2=O)c(=O)n(-c2ccccc2)n1C. The summed E-state index contributed by atoms with van der Waals surface area (Å²) in [5.41, 5.74) is 0.748. The van der Waals surface area contributed by atoms with Crippen molar-refractivity contribution >= 4 is 56.9 Å². The molecule has 1 fully saturated rings. The topological polar surface area (TPSA) is 135 Å². The summed E-state index contributed by atoms with van der Waals surface area (Å²) in [4.78, 5) is 67.5. The van der Waals surface area contributed by atoms with Gasteiger partial charge in [0.2, 0.25) is 17.7 Å². The maximum atomic E-state index is 12.9. The molecule has 0 radical (unpaired) electrons. The van der Waals surface area contributed by atoms with Gasteiger partial charge >= 0.3 is 0 Å². The molecule has 4 amide bonds. The van der Waals surface area contributed by atoms with Gasteiger partial charge in [0, 0.05) is 25.0 Å². The second kappa shape index (κ2) is 9.65. The van der Waals surface area contributed by atoms with Crippen LogP contribution in [0.3, 0.4) is 0 Å². The van der Waals surface area contributed by atoms with E-state index in [4.69, 9.17) is 0 Å². The van der Waals surface area contributed by atoms with Gasteiger partial charge in [0.15, 0.2) is 5.13 Å². The molecule has 1 aliphatic heterocycles. The van der Waals surface area contributed by atoms with Crippen molar-refractivity contribution in [2.45, 2.75) is 18.6 Å². The van der Waals surface area contributed by atoms with E-state index >= 15 is 0 Å². The summed E-state index contributed by atoms with van der Waals surface area (Å²) in [5, 5.41) is 5.61. The molecule has 1 unspecified atom stereocenters. The summed E-state index contributed by atoms with van der Waals surface area (Å²) in [6.07, 6.45) is 1.30. The standard InChI is InChI=1S/C21H20N6O5S2/c1-12-17(19(31)27(25(12)2)13-6-4-3-5-7-13)23-16(29)11-26-18(30)14(34-21(26)32)10-15(28)24-20-22-8-9-33-20/h3-9,14H,10-11H2,1-2H3,(H,23,29)(H,22,24,28). The van der Waals surface area contributed by atoms with Gasteiger partial charge in [-0.15, -0.1) is 11.3 Å². The Kier molecular flexibility index (Phi) is 6.65. The summed E-state index contributed by atoms with van der Waals surface area (Å²) in [7, 11) is 1.69. The Morgan fingerprint density at radius 1 is 1.09 bits per heavy atom. The first-order valence-corrected chi connectivity index (χ1v) is 11.9. The molecular formula is C21H20N6O5S2. The van der Waals surface area contributed by atoms with Gasteiger partial charge in [-0.2, -0.15) is 0 Å². The molecular weight excluding hydrogens is 480 g/mol. The van der Waals surface area contributed by atoms with E-state index in [0.717, 1.165) is 4.90 Å². The third-order valence-corrected chi connectivity index (χ3v) is 6.94. The fourth-order valence-electron chi connectivity index (χ4n) is 3.43. The third kappa shape index (κ3) is 4.65. The van der Waals surface area contributed by atoms with Gasteiger partial charge in [-0.1, -0.05) is 30.0 Å². The molecule has 0 saturated carbocycles. The molecule has 1 saturated heterocycles. The van der Waals surface area contributed by atoms with Gasteiger partial charge in [-0.3, -0.25) is 33.6 Å². The van der Waals surface area contributed by atoms with E-state index in [0.29, 0.717) is 28.3 Å². The lowest BCUT2D eigenvalue weighted by atomic mass is 10.2. The van der Waals surface area contributed by atoms with Crippen molar-refractivity contribution in [1.82, 2.24) is 19.2 Å². The van der Waals surface area contributed by atoms with Crippen molar-refractivity contribution in [3.63, 3.8) is 0 Å². The zero-order chi connectivity index (χ0) is 24.4. The van der Waals surface area contributed by atoms with E-state index in [1.807, 2.05) is 6.07 Å². The van der Waals surface area contributed by atoms with E-state index in [1.54, 1.807) is 48.3 Å². The maximum Gasteiger partial charge on any atom is 0.295 e. The predicted octanol–water partition coefficient (Wildman–Crippen LogP) is 1.97. The zero-order valence-electron chi connectivity index (χ0n) is 18.2. The Morgan fingerprint density at radius 3 is 2.50 bits per heavy atom. The molecule has 0 bridgehead atoms. The predicted molar refractivity (Wildman–Crippen MR) is 128 cm³/mol. The number of thiazole rings is 1. The smallest absolute Gasteiger partial charge is 0.295 e. The lowest BCUT2D eigenvalue weighted by Gasteiger charge is -2.13. The molecule has 176 valence electrons. The summed E-state index contributed by atoms with van der Waals surface area (Å²) < 4.78 is 3.01. The monoisotopic (exact) mass is 500 g/mol. The summed E-state index contributed by atoms with van der Waals surface area (Å²) >= 11 is 1.92. The van der Waals surface area contributed by atoms with Crippen molar-refractivity contribution in [2.24, 2.45) is 7.05 Å². The van der Waals surface area contributed by atoms with Gasteiger partial charge in [0.1, 0.15) is 17.5 Å². The number of thioether (sulfide) groups is 1. The summed E-state index contributed by atoms with van der Waals surface area (Å²) in [5.74, 6) is -1.78. The molecule has 2 N–H and O–H groups in total. The fourth-order valence-corrected chi connectivity index (χ4v) is 4.96. The van der Waals surface area contributed by atoms with Crippen LogP contribution in [-0.4, -0.2) is 54.0 Å². The maximum absolute atomic E-state index is 12.9. The molecule has 11 nitrogen and oxygen atoms in total. The van der Waals surface area contributed by atoms with Crippen LogP contribution < -0.4 is 16.2 Å². The van der Waals surface area contributed by atoms with E-state index in [1.165, 1.54) is 22.2 Å². The number of amides is 4. The van der Waals surface area contributed by atoms with Crippen LogP contribution in [-0.2, 0) is 21.4 Å². The van der Waals surface area contributed by atoms with Crippen LogP contribution in [0.25, 0.3) is 5.69 Å². The molecule has 0 aliphatic carbocycles. The van der Waals surface area contributed by atoms with Crippen molar-refractivity contribution < 1.29 is 19.2 Å². The van der Waals surface area contributed by atoms with Crippen LogP contribution in [0, 0.1) is 6.92 Å². The molecule has 4 rings (SSSR count). The lowest BCUT2D eigenvalue weighted by molar-refractivity contribution is -0.131. The quantitative estimate of drug-likeness (QED) is 0.506. The number of rotatable bonds is 7. The van der Waals surface area contributed by atoms with E-state index in [2.05, 4.69) is 15.6 Å². The van der Waals surface area contributed by atoms with Crippen molar-refractivity contribution in [3.05, 3.63) is 58.0 Å². The van der Waals surface area contributed by atoms with Gasteiger partial charge in [-0.25, -0.2) is 9.67 Å². The van der Waals surface area contributed by atoms with Crippen LogP contribution in [0.1, 0.15) is 12.1 Å². The van der Waals surface area contributed by atoms with Crippen LogP contribution >= 0.6 is 23.1 Å². The van der Waals surface area contributed by atoms with E-state index in [9.17, 15) is 24.0 Å². The van der Waals surface area contributed by atoms with Gasteiger partial charge in [0.05, 0.1) is 11.4 Å². The first kappa shape index (κ1) is 23.4. The second-order valence-electron chi connectivity index (χ2n) is 7.37. The average molecular weight is 501 g/mol. The van der Waals surface area contributed by atoms with Crippen LogP contribution in [0.5, 0.6) is 0 Å². The Morgan fingerprint density at radius 2 is 1.82 bits per heavy atom. The van der Waals surface area contributed by atoms with E-state index in [-0.39, 0.29) is 12.1 Å². The summed E-state index contributed by atoms with van der Waals surface area (Å²) in [6.45, 7) is 1.12. The molecule has 3 aromatic rings. The number of carbonyl (C=O) groups excluding carboxylic acids is 4. The van der Waals surface area contributed by atoms with Gasteiger partial charge in [0.25, 0.3) is 10.8 Å². The number of anilines is 2. The highest BCUT2D eigenvalue weighted by Crippen LogP contribution is 2.29. The van der Waals surface area contributed by atoms with Crippen molar-refractivity contribution in [2.75, 3.05) is 17.2 Å². The number of carbonyl (C=O) groups is 4. The number of aromatic nitrogens is 3. The van der Waals surface area contributed by atoms with Crippen LogP contribution in [0.15, 0.2) is 46.7 Å². The summed E-state index contributed by atoms with van der Waals surface area (Å²) in [6, 6.07) is 8.92. The highest BCUT2D eigenvalue weighted by Gasteiger charge is 2.41. The van der Waals surface area contributed by atoms with E-state index < -0.39 is 40.3 Å². The normalized spacial score (nSPS) is 15.6. The van der Waals surface area contributed by atoms with Gasteiger partial charge < -0.3 is 10.6 Å². The fraction of sp³-hybridized carbons (Fsp3) is 0.238. The number of nitrogens with zero attached hydrogens (tertiary/aromatic N) is 4. The molecule has 0 spiro atoms. The largest absolute Gasteiger partial charge is 0.318 e. The highest BCUT2D eigenvalue weighted by molar-refractivity contribution is 8.15. The average Bonchev–Trinajstić information content (AvgIpc) is 3.46. The number of nitrogens with one attached hydrogen (secondary N) is 2. The lowest BCUT2D eigenvalue weighted by Crippen LogP contribution is -2.39. The van der Waals surface area contributed by atoms with Crippen LogP contribution in [0.4, 0.5) is 15.6 Å². The number of para-hydroxylation sites is 1. The van der Waals surface area contributed by atoms with Crippen LogP contribution in [0.2, 0.25) is 0 Å². The van der Waals surface area contributed by atoms with Crippen molar-refractivity contribution in [1.29, 1.82) is 0 Å². The first-order chi connectivity index (χ1) is 16.3. The minimum atomic E-state index is -0.936. The Labute approximate surface area is 201 Å². The number of hydrogen-bond donors (Lipinski definition) is 2. The van der Waals surface area contributed by atoms with Gasteiger partial charge in [-0.05, 0) is 19.1 Å². The molecule has 1 atom stereocenters. The van der Waals surface area contributed by atoms with Crippen molar-refractivity contribution in [3.8, 4) is 5.69 Å². The number of imide groups is 1. The zero-order valence-corrected chi connectivity index (χ0v) is 19.8. The minimum absolute atomic E-state index is 0.0578.